The molecule has 6 heteroatoms. The van der Waals surface area contributed by atoms with E-state index < -0.39 is 0 Å². The Morgan fingerprint density at radius 1 is 0.459 bits per heavy atom. The first-order valence-corrected chi connectivity index (χ1v) is 26.6. The fraction of sp³-hybridized carbons (Fsp3) is 0.855. The molecule has 0 amide bonds. The van der Waals surface area contributed by atoms with Gasteiger partial charge in [-0.2, -0.15) is 0 Å². The molecule has 1 aromatic carbocycles. The number of hydrogen-bond acceptors (Lipinski definition) is 6. The van der Waals surface area contributed by atoms with Crippen molar-refractivity contribution in [3.63, 3.8) is 0 Å². The van der Waals surface area contributed by atoms with E-state index in [4.69, 9.17) is 10.2 Å². The van der Waals surface area contributed by atoms with Crippen molar-refractivity contribution >= 4 is 5.69 Å². The molecule has 0 fully saturated rings. The third kappa shape index (κ3) is 47.2. The first kappa shape index (κ1) is 68.0. The Morgan fingerprint density at radius 3 is 1.07 bits per heavy atom. The van der Waals surface area contributed by atoms with E-state index in [9.17, 15) is 9.59 Å². The topological polar surface area (TPSA) is 89.9 Å². The SMILES string of the molecule is C=CO.C=CO.CC.CC.CC.CCCCCC(CCCCC)CCCCCCCCCN(CCCCCCCCC(CCCC)CCCC)CCCNc1c(C)c(=O)c1=O. The summed E-state index contributed by atoms with van der Waals surface area (Å²) in [5.74, 6) is 1.96. The summed E-state index contributed by atoms with van der Waals surface area (Å²) in [6.07, 6.45) is 43.2. The highest BCUT2D eigenvalue weighted by Crippen LogP contribution is 2.25. The summed E-state index contributed by atoms with van der Waals surface area (Å²) in [6.45, 7) is 33.2. The summed E-state index contributed by atoms with van der Waals surface area (Å²) in [7, 11) is 0. The van der Waals surface area contributed by atoms with Crippen molar-refractivity contribution in [3.05, 3.63) is 51.7 Å². The molecule has 0 aliphatic rings. The molecule has 1 rings (SSSR count). The largest absolute Gasteiger partial charge is 0.516 e. The van der Waals surface area contributed by atoms with Gasteiger partial charge in [-0.15, -0.1) is 0 Å². The molecule has 0 unspecified atom stereocenters. The molecule has 1 aromatic rings. The summed E-state index contributed by atoms with van der Waals surface area (Å²) in [6, 6.07) is 0. The molecule has 61 heavy (non-hydrogen) atoms. The molecule has 0 aromatic heterocycles. The van der Waals surface area contributed by atoms with Crippen molar-refractivity contribution in [2.24, 2.45) is 11.8 Å². The van der Waals surface area contributed by atoms with Crippen molar-refractivity contribution in [2.75, 3.05) is 31.5 Å². The molecule has 0 aliphatic heterocycles. The van der Waals surface area contributed by atoms with Crippen LogP contribution in [0.1, 0.15) is 267 Å². The maximum atomic E-state index is 11.8. The summed E-state index contributed by atoms with van der Waals surface area (Å²) < 4.78 is 0. The number of anilines is 1. The van der Waals surface area contributed by atoms with Gasteiger partial charge < -0.3 is 20.4 Å². The van der Waals surface area contributed by atoms with Gasteiger partial charge in [0.05, 0.1) is 18.2 Å². The van der Waals surface area contributed by atoms with Crippen LogP contribution in [-0.4, -0.2) is 41.3 Å². The van der Waals surface area contributed by atoms with Gasteiger partial charge in [-0.05, 0) is 57.7 Å². The van der Waals surface area contributed by atoms with Crippen LogP contribution >= 0.6 is 0 Å². The second-order valence-electron chi connectivity index (χ2n) is 16.3. The number of aliphatic hydroxyl groups is 2. The van der Waals surface area contributed by atoms with Crippen molar-refractivity contribution in [1.29, 1.82) is 0 Å². The van der Waals surface area contributed by atoms with Gasteiger partial charge in [0, 0.05) is 12.1 Å². The second kappa shape index (κ2) is 60.0. The van der Waals surface area contributed by atoms with Gasteiger partial charge in [0.1, 0.15) is 0 Å². The van der Waals surface area contributed by atoms with E-state index in [0.717, 1.165) is 43.9 Å². The number of hydrogen-bond donors (Lipinski definition) is 3. The van der Waals surface area contributed by atoms with E-state index in [1.54, 1.807) is 6.92 Å². The normalized spacial score (nSPS) is 10.3. The van der Waals surface area contributed by atoms with Crippen LogP contribution in [-0.2, 0) is 0 Å². The fourth-order valence-electron chi connectivity index (χ4n) is 7.91. The summed E-state index contributed by atoms with van der Waals surface area (Å²) >= 11 is 0. The van der Waals surface area contributed by atoms with Crippen molar-refractivity contribution in [2.45, 2.75) is 269 Å². The highest BCUT2D eigenvalue weighted by atomic mass is 16.2. The van der Waals surface area contributed by atoms with Crippen LogP contribution in [0.3, 0.4) is 0 Å². The number of nitrogens with one attached hydrogen (secondary N) is 1. The van der Waals surface area contributed by atoms with Crippen molar-refractivity contribution in [1.82, 2.24) is 4.90 Å². The summed E-state index contributed by atoms with van der Waals surface area (Å²) in [5.41, 5.74) is 0.525. The van der Waals surface area contributed by atoms with Crippen LogP contribution in [0.15, 0.2) is 35.3 Å². The fourth-order valence-corrected chi connectivity index (χ4v) is 7.91. The minimum absolute atomic E-state index is 0.314. The average molecular weight is 866 g/mol. The Labute approximate surface area is 383 Å². The van der Waals surface area contributed by atoms with Gasteiger partial charge in [0.2, 0.25) is 10.9 Å². The molecule has 0 heterocycles. The Bertz CT molecular complexity index is 994. The molecule has 0 aliphatic carbocycles. The number of unbranched alkanes of at least 4 members (excludes halogenated alkanes) is 17. The zero-order valence-corrected chi connectivity index (χ0v) is 43.4. The molecule has 0 atom stereocenters. The van der Waals surface area contributed by atoms with Gasteiger partial charge in [-0.1, -0.05) is 256 Å². The lowest BCUT2D eigenvalue weighted by Crippen LogP contribution is -2.37. The predicted octanol–water partition coefficient (Wildman–Crippen LogP) is 17.8. The molecular weight excluding hydrogens is 753 g/mol. The van der Waals surface area contributed by atoms with Gasteiger partial charge >= 0.3 is 0 Å². The Hall–Kier alpha value is -2.08. The minimum atomic E-state index is -0.328. The molecule has 0 spiro atoms. The van der Waals surface area contributed by atoms with Crippen LogP contribution in [0.4, 0.5) is 5.69 Å². The molecule has 0 saturated carbocycles. The zero-order chi connectivity index (χ0) is 47.2. The highest BCUT2D eigenvalue weighted by molar-refractivity contribution is 5.55. The first-order chi connectivity index (χ1) is 29.8. The van der Waals surface area contributed by atoms with Crippen LogP contribution in [0.2, 0.25) is 0 Å². The quantitative estimate of drug-likeness (QED) is 0.0349. The second-order valence-corrected chi connectivity index (χ2v) is 16.3. The average Bonchev–Trinajstić information content (AvgIpc) is 3.29. The number of rotatable bonds is 38. The molecule has 6 nitrogen and oxygen atoms in total. The lowest BCUT2D eigenvalue weighted by Gasteiger charge is -2.23. The Kier molecular flexibility index (Phi) is 66.9. The van der Waals surface area contributed by atoms with Crippen LogP contribution in [0.25, 0.3) is 0 Å². The number of aliphatic hydroxyl groups excluding tert-OH is 2. The molecule has 0 saturated heterocycles. The van der Waals surface area contributed by atoms with Crippen molar-refractivity contribution < 1.29 is 10.2 Å². The van der Waals surface area contributed by atoms with Gasteiger partial charge in [0.25, 0.3) is 0 Å². The maximum Gasteiger partial charge on any atom is 0.249 e. The third-order valence-electron chi connectivity index (χ3n) is 11.4. The maximum absolute atomic E-state index is 11.8. The minimum Gasteiger partial charge on any atom is -0.516 e. The zero-order valence-electron chi connectivity index (χ0n) is 43.4. The van der Waals surface area contributed by atoms with Gasteiger partial charge in [-0.25, -0.2) is 0 Å². The van der Waals surface area contributed by atoms with Gasteiger partial charge in [-0.3, -0.25) is 9.59 Å². The van der Waals surface area contributed by atoms with Crippen LogP contribution in [0.5, 0.6) is 0 Å². The number of nitrogens with zero attached hydrogens (tertiary/aromatic N) is 1. The summed E-state index contributed by atoms with van der Waals surface area (Å²) in [5, 5.41) is 17.9. The standard InChI is InChI=1S/C45H86N2O2.2C2H4O.3C2H6/c1-6-10-23-32-42(33-24-11-7-2)35-26-19-15-14-17-21-27-37-47(39-29-36-46-43-40(5)44(48)45(43)49)38-28-22-18-16-20-25-34-41(30-12-8-3)31-13-9-4;2*1-2-3;3*1-2/h41-42,46H,6-39H2,1-5H3;2*2-3H,1H2;3*1-2H3. The molecular formula is C55H112N2O4. The van der Waals surface area contributed by atoms with Gasteiger partial charge in [0.15, 0.2) is 0 Å². The van der Waals surface area contributed by atoms with E-state index in [1.165, 1.54) is 199 Å². The monoisotopic (exact) mass is 865 g/mol. The molecule has 0 bridgehead atoms. The lowest BCUT2D eigenvalue weighted by atomic mass is 9.90. The van der Waals surface area contributed by atoms with E-state index in [-0.39, 0.29) is 10.9 Å². The Balaban J connectivity index is -0.000000785. The first-order valence-electron chi connectivity index (χ1n) is 26.6. The molecule has 366 valence electrons. The van der Waals surface area contributed by atoms with Crippen molar-refractivity contribution in [3.8, 4) is 0 Å². The Morgan fingerprint density at radius 2 is 0.738 bits per heavy atom. The smallest absolute Gasteiger partial charge is 0.249 e. The molecule has 0 radical (unpaired) electrons. The van der Waals surface area contributed by atoms with E-state index in [2.05, 4.69) is 51.1 Å². The lowest BCUT2D eigenvalue weighted by molar-refractivity contribution is 0.259. The predicted molar refractivity (Wildman–Crippen MR) is 279 cm³/mol. The summed E-state index contributed by atoms with van der Waals surface area (Å²) in [4.78, 5) is 26.1. The van der Waals surface area contributed by atoms with E-state index in [0.29, 0.717) is 11.3 Å². The van der Waals surface area contributed by atoms with E-state index in [1.807, 2.05) is 41.5 Å². The van der Waals surface area contributed by atoms with E-state index >= 15 is 0 Å². The third-order valence-corrected chi connectivity index (χ3v) is 11.4. The molecule has 3 N–H and O–H groups in total. The van der Waals surface area contributed by atoms with Crippen LogP contribution in [0, 0.1) is 18.8 Å². The highest BCUT2D eigenvalue weighted by Gasteiger charge is 2.16. The van der Waals surface area contributed by atoms with Crippen LogP contribution < -0.4 is 16.2 Å².